The second-order valence-corrected chi connectivity index (χ2v) is 6.82. The number of hydrogen-bond donors (Lipinski definition) is 1. The van der Waals surface area contributed by atoms with Gasteiger partial charge in [0, 0.05) is 22.5 Å². The molecule has 1 amide bonds. The van der Waals surface area contributed by atoms with Gasteiger partial charge in [0.1, 0.15) is 11.3 Å². The predicted octanol–water partition coefficient (Wildman–Crippen LogP) is 5.07. The standard InChI is InChI=1S/C20H17Cl2NO4/c1-3-12-8-19(24)27-18-10-14(5-6-15(12)18)26-11(2)20(25)23-17-7-4-13(21)9-16(17)22/h4-11H,3H2,1-2H3,(H,23,25)/t11-/m0/s1. The van der Waals surface area contributed by atoms with Crippen molar-refractivity contribution in [3.8, 4) is 5.75 Å². The van der Waals surface area contributed by atoms with Gasteiger partial charge in [0.2, 0.25) is 0 Å². The maximum atomic E-state index is 12.4. The van der Waals surface area contributed by atoms with Gasteiger partial charge in [-0.3, -0.25) is 4.79 Å². The van der Waals surface area contributed by atoms with Crippen LogP contribution in [0.5, 0.6) is 5.75 Å². The molecule has 0 aliphatic carbocycles. The lowest BCUT2D eigenvalue weighted by Crippen LogP contribution is -2.30. The number of anilines is 1. The first-order valence-corrected chi connectivity index (χ1v) is 9.12. The fourth-order valence-corrected chi connectivity index (χ4v) is 3.11. The summed E-state index contributed by atoms with van der Waals surface area (Å²) in [5, 5.41) is 4.35. The van der Waals surface area contributed by atoms with Gasteiger partial charge in [-0.05, 0) is 49.2 Å². The molecule has 1 aromatic heterocycles. The average molecular weight is 406 g/mol. The van der Waals surface area contributed by atoms with E-state index in [0.717, 1.165) is 10.9 Å². The summed E-state index contributed by atoms with van der Waals surface area (Å²) in [5.74, 6) is 0.0480. The Morgan fingerprint density at radius 1 is 1.19 bits per heavy atom. The Morgan fingerprint density at radius 3 is 2.67 bits per heavy atom. The third kappa shape index (κ3) is 4.43. The van der Waals surface area contributed by atoms with Crippen molar-refractivity contribution < 1.29 is 13.9 Å². The van der Waals surface area contributed by atoms with Crippen LogP contribution in [0.4, 0.5) is 5.69 Å². The smallest absolute Gasteiger partial charge is 0.336 e. The number of halogens is 2. The minimum absolute atomic E-state index is 0.336. The number of hydrogen-bond acceptors (Lipinski definition) is 4. The molecular formula is C20H17Cl2NO4. The number of benzene rings is 2. The molecule has 0 fully saturated rings. The molecule has 140 valence electrons. The summed E-state index contributed by atoms with van der Waals surface area (Å²) in [7, 11) is 0. The quantitative estimate of drug-likeness (QED) is 0.601. The van der Waals surface area contributed by atoms with Gasteiger partial charge in [0.15, 0.2) is 6.10 Å². The van der Waals surface area contributed by atoms with Crippen molar-refractivity contribution in [3.05, 3.63) is 68.5 Å². The first-order chi connectivity index (χ1) is 12.9. The molecule has 0 saturated carbocycles. The monoisotopic (exact) mass is 405 g/mol. The number of carbonyl (C=O) groups excluding carboxylic acids is 1. The van der Waals surface area contributed by atoms with Crippen LogP contribution in [-0.2, 0) is 11.2 Å². The lowest BCUT2D eigenvalue weighted by atomic mass is 10.1. The van der Waals surface area contributed by atoms with Crippen LogP contribution in [0.1, 0.15) is 19.4 Å². The molecule has 5 nitrogen and oxygen atoms in total. The first kappa shape index (κ1) is 19.3. The predicted molar refractivity (Wildman–Crippen MR) is 107 cm³/mol. The number of carbonyl (C=O) groups is 1. The molecule has 1 atom stereocenters. The highest BCUT2D eigenvalue weighted by atomic mass is 35.5. The zero-order valence-corrected chi connectivity index (χ0v) is 16.2. The Kier molecular flexibility index (Phi) is 5.73. The third-order valence-corrected chi connectivity index (χ3v) is 4.60. The van der Waals surface area contributed by atoms with Gasteiger partial charge >= 0.3 is 5.63 Å². The van der Waals surface area contributed by atoms with Crippen LogP contribution in [0.15, 0.2) is 51.7 Å². The lowest BCUT2D eigenvalue weighted by molar-refractivity contribution is -0.122. The summed E-state index contributed by atoms with van der Waals surface area (Å²) in [5.41, 5.74) is 1.35. The van der Waals surface area contributed by atoms with E-state index in [1.54, 1.807) is 37.3 Å². The van der Waals surface area contributed by atoms with Gasteiger partial charge in [-0.15, -0.1) is 0 Å². The van der Waals surface area contributed by atoms with Gasteiger partial charge in [-0.2, -0.15) is 0 Å². The number of nitrogens with one attached hydrogen (secondary N) is 1. The Labute approximate surface area is 165 Å². The van der Waals surface area contributed by atoms with Crippen LogP contribution in [0.25, 0.3) is 11.0 Å². The summed E-state index contributed by atoms with van der Waals surface area (Å²) in [4.78, 5) is 24.0. The normalized spacial score (nSPS) is 12.0. The minimum Gasteiger partial charge on any atom is -0.481 e. The molecule has 1 heterocycles. The zero-order chi connectivity index (χ0) is 19.6. The second-order valence-electron chi connectivity index (χ2n) is 5.98. The topological polar surface area (TPSA) is 68.5 Å². The highest BCUT2D eigenvalue weighted by Gasteiger charge is 2.17. The summed E-state index contributed by atoms with van der Waals surface area (Å²) in [6.07, 6.45) is -0.0848. The van der Waals surface area contributed by atoms with E-state index < -0.39 is 11.7 Å². The highest BCUT2D eigenvalue weighted by molar-refractivity contribution is 6.36. The van der Waals surface area contributed by atoms with Gasteiger partial charge in [-0.25, -0.2) is 4.79 Å². The molecule has 7 heteroatoms. The van der Waals surface area contributed by atoms with Gasteiger partial charge < -0.3 is 14.5 Å². The largest absolute Gasteiger partial charge is 0.481 e. The summed E-state index contributed by atoms with van der Waals surface area (Å²) in [6.45, 7) is 3.58. The molecule has 27 heavy (non-hydrogen) atoms. The van der Waals surface area contributed by atoms with Crippen LogP contribution in [-0.4, -0.2) is 12.0 Å². The van der Waals surface area contributed by atoms with Crippen molar-refractivity contribution in [1.29, 1.82) is 0 Å². The molecule has 0 aliphatic rings. The van der Waals surface area contributed by atoms with Crippen molar-refractivity contribution in [1.82, 2.24) is 0 Å². The molecule has 3 rings (SSSR count). The van der Waals surface area contributed by atoms with E-state index >= 15 is 0 Å². The summed E-state index contributed by atoms with van der Waals surface area (Å²) in [6, 6.07) is 11.4. The van der Waals surface area contributed by atoms with Gasteiger partial charge in [0.05, 0.1) is 10.7 Å². The van der Waals surface area contributed by atoms with Crippen molar-refractivity contribution in [2.45, 2.75) is 26.4 Å². The van der Waals surface area contributed by atoms with E-state index in [-0.39, 0.29) is 5.91 Å². The second kappa shape index (κ2) is 8.03. The molecule has 0 radical (unpaired) electrons. The van der Waals surface area contributed by atoms with Crippen LogP contribution in [0.3, 0.4) is 0 Å². The van der Waals surface area contributed by atoms with Gasteiger partial charge in [0.25, 0.3) is 5.91 Å². The van der Waals surface area contributed by atoms with E-state index in [0.29, 0.717) is 33.5 Å². The maximum Gasteiger partial charge on any atom is 0.336 e. The van der Waals surface area contributed by atoms with Crippen LogP contribution in [0, 0.1) is 0 Å². The number of fused-ring (bicyclic) bond motifs is 1. The molecule has 2 aromatic carbocycles. The highest BCUT2D eigenvalue weighted by Crippen LogP contribution is 2.26. The molecule has 0 spiro atoms. The summed E-state index contributed by atoms with van der Waals surface area (Å²) < 4.78 is 10.9. The first-order valence-electron chi connectivity index (χ1n) is 8.36. The molecule has 3 aromatic rings. The van der Waals surface area contributed by atoms with E-state index in [1.807, 2.05) is 13.0 Å². The summed E-state index contributed by atoms with van der Waals surface area (Å²) >= 11 is 11.9. The number of ether oxygens (including phenoxy) is 1. The molecular weight excluding hydrogens is 389 g/mol. The Morgan fingerprint density at radius 2 is 1.96 bits per heavy atom. The third-order valence-electron chi connectivity index (χ3n) is 4.05. The van der Waals surface area contributed by atoms with E-state index in [9.17, 15) is 9.59 Å². The Bertz CT molecular complexity index is 1060. The minimum atomic E-state index is -0.796. The van der Waals surface area contributed by atoms with Crippen molar-refractivity contribution >= 4 is 45.8 Å². The van der Waals surface area contributed by atoms with E-state index in [4.69, 9.17) is 32.4 Å². The molecule has 1 N–H and O–H groups in total. The lowest BCUT2D eigenvalue weighted by Gasteiger charge is -2.16. The Balaban J connectivity index is 1.77. The number of rotatable bonds is 5. The molecule has 0 saturated heterocycles. The van der Waals surface area contributed by atoms with Crippen molar-refractivity contribution in [3.63, 3.8) is 0 Å². The zero-order valence-electron chi connectivity index (χ0n) is 14.7. The molecule has 0 unspecified atom stereocenters. The molecule has 0 aliphatic heterocycles. The molecule has 0 bridgehead atoms. The van der Waals surface area contributed by atoms with Crippen molar-refractivity contribution in [2.24, 2.45) is 0 Å². The number of aryl methyl sites for hydroxylation is 1. The average Bonchev–Trinajstić information content (AvgIpc) is 2.62. The van der Waals surface area contributed by atoms with Gasteiger partial charge in [-0.1, -0.05) is 30.1 Å². The van der Waals surface area contributed by atoms with Crippen LogP contribution >= 0.6 is 23.2 Å². The maximum absolute atomic E-state index is 12.4. The fraction of sp³-hybridized carbons (Fsp3) is 0.200. The van der Waals surface area contributed by atoms with E-state index in [2.05, 4.69) is 5.32 Å². The van der Waals surface area contributed by atoms with Crippen LogP contribution in [0.2, 0.25) is 10.0 Å². The van der Waals surface area contributed by atoms with E-state index in [1.165, 1.54) is 6.07 Å². The van der Waals surface area contributed by atoms with Crippen molar-refractivity contribution in [2.75, 3.05) is 5.32 Å². The Hall–Kier alpha value is -2.50. The number of amides is 1. The van der Waals surface area contributed by atoms with Crippen LogP contribution < -0.4 is 15.7 Å². The SMILES string of the molecule is CCc1cc(=O)oc2cc(O[C@@H](C)C(=O)Nc3ccc(Cl)cc3Cl)ccc12. The fourth-order valence-electron chi connectivity index (χ4n) is 2.66.